The van der Waals surface area contributed by atoms with Crippen molar-refractivity contribution in [1.82, 2.24) is 9.88 Å². The van der Waals surface area contributed by atoms with E-state index in [4.69, 9.17) is 0 Å². The summed E-state index contributed by atoms with van der Waals surface area (Å²) in [5.74, 6) is 1.73. The van der Waals surface area contributed by atoms with Crippen LogP contribution in [0.15, 0.2) is 16.9 Å². The number of H-pyrrole nitrogens is 1. The summed E-state index contributed by atoms with van der Waals surface area (Å²) in [6.07, 6.45) is 3.91. The number of carbonyl (C=O) groups excluding carboxylic acids is 1. The average molecular weight is 300 g/mol. The molecule has 0 radical (unpaired) electrons. The van der Waals surface area contributed by atoms with Crippen LogP contribution in [0.3, 0.4) is 0 Å². The van der Waals surface area contributed by atoms with Crippen molar-refractivity contribution in [1.29, 1.82) is 0 Å². The lowest BCUT2D eigenvalue weighted by Gasteiger charge is -2.29. The van der Waals surface area contributed by atoms with Gasteiger partial charge in [-0.25, -0.2) is 0 Å². The number of likely N-dealkylation sites (tertiary alicyclic amines) is 1. The minimum atomic E-state index is -0.377. The van der Waals surface area contributed by atoms with E-state index >= 15 is 0 Å². The van der Waals surface area contributed by atoms with Crippen LogP contribution < -0.4 is 5.56 Å². The predicted molar refractivity (Wildman–Crippen MR) is 79.6 cm³/mol. The van der Waals surface area contributed by atoms with Crippen LogP contribution in [-0.4, -0.2) is 39.6 Å². The van der Waals surface area contributed by atoms with E-state index in [-0.39, 0.29) is 23.6 Å². The number of rotatable bonds is 2. The topological polar surface area (TPSA) is 73.4 Å². The van der Waals surface area contributed by atoms with Gasteiger partial charge in [0.1, 0.15) is 0 Å². The molecule has 2 N–H and O–H groups in total. The summed E-state index contributed by atoms with van der Waals surface area (Å²) in [4.78, 5) is 29.5. The van der Waals surface area contributed by atoms with E-state index in [1.54, 1.807) is 0 Å². The molecule has 1 aliphatic heterocycles. The van der Waals surface area contributed by atoms with E-state index in [9.17, 15) is 14.7 Å². The van der Waals surface area contributed by atoms with E-state index in [2.05, 4.69) is 4.98 Å². The van der Waals surface area contributed by atoms with Gasteiger partial charge in [-0.3, -0.25) is 9.59 Å². The SMILES string of the molecule is O=C(c1cc(C2CC2)[nH]c(=O)c1)N1CC2CC3CC2C1C3O. The van der Waals surface area contributed by atoms with Crippen molar-refractivity contribution in [2.24, 2.45) is 17.8 Å². The first kappa shape index (κ1) is 12.9. The first-order chi connectivity index (χ1) is 10.6. The fourth-order valence-corrected chi connectivity index (χ4v) is 5.12. The van der Waals surface area contributed by atoms with Crippen molar-refractivity contribution < 1.29 is 9.90 Å². The van der Waals surface area contributed by atoms with Gasteiger partial charge in [-0.15, -0.1) is 0 Å². The van der Waals surface area contributed by atoms with E-state index < -0.39 is 0 Å². The molecule has 3 saturated carbocycles. The number of hydrogen-bond donors (Lipinski definition) is 2. The number of amides is 1. The number of aromatic amines is 1. The van der Waals surface area contributed by atoms with Gasteiger partial charge in [0.05, 0.1) is 12.1 Å². The van der Waals surface area contributed by atoms with Gasteiger partial charge >= 0.3 is 0 Å². The van der Waals surface area contributed by atoms with Crippen molar-refractivity contribution in [3.05, 3.63) is 33.7 Å². The van der Waals surface area contributed by atoms with Crippen molar-refractivity contribution in [3.8, 4) is 0 Å². The molecule has 2 bridgehead atoms. The summed E-state index contributed by atoms with van der Waals surface area (Å²) in [6.45, 7) is 0.743. The van der Waals surface area contributed by atoms with E-state index in [1.165, 1.54) is 6.07 Å². The molecule has 1 aromatic heterocycles. The van der Waals surface area contributed by atoms with E-state index in [0.717, 1.165) is 37.9 Å². The molecular formula is C17H20N2O3. The second-order valence-corrected chi connectivity index (χ2v) is 7.56. The summed E-state index contributed by atoms with van der Waals surface area (Å²) in [5.41, 5.74) is 1.19. The molecule has 5 rings (SSSR count). The molecule has 3 aliphatic carbocycles. The molecule has 0 aromatic carbocycles. The smallest absolute Gasteiger partial charge is 0.254 e. The lowest BCUT2D eigenvalue weighted by Crippen LogP contribution is -2.44. The molecule has 1 saturated heterocycles. The zero-order valence-corrected chi connectivity index (χ0v) is 12.4. The van der Waals surface area contributed by atoms with Crippen molar-refractivity contribution in [2.45, 2.75) is 43.7 Å². The zero-order chi connectivity index (χ0) is 15.0. The molecule has 4 fully saturated rings. The summed E-state index contributed by atoms with van der Waals surface area (Å²) in [5, 5.41) is 10.4. The van der Waals surface area contributed by atoms with E-state index in [1.807, 2.05) is 11.0 Å². The van der Waals surface area contributed by atoms with Gasteiger partial charge in [0, 0.05) is 23.9 Å². The summed E-state index contributed by atoms with van der Waals surface area (Å²) in [7, 11) is 0. The monoisotopic (exact) mass is 300 g/mol. The Bertz CT molecular complexity index is 706. The van der Waals surface area contributed by atoms with Gasteiger partial charge in [0.15, 0.2) is 0 Å². The summed E-state index contributed by atoms with van der Waals surface area (Å²) < 4.78 is 0. The number of aliphatic hydroxyl groups excluding tert-OH is 1. The van der Waals surface area contributed by atoms with Crippen LogP contribution in [0, 0.1) is 17.8 Å². The third-order valence-corrected chi connectivity index (χ3v) is 6.24. The Morgan fingerprint density at radius 1 is 1.23 bits per heavy atom. The number of carbonyl (C=O) groups is 1. The molecule has 22 heavy (non-hydrogen) atoms. The maximum atomic E-state index is 12.9. The van der Waals surface area contributed by atoms with Gasteiger partial charge in [-0.1, -0.05) is 0 Å². The molecule has 5 nitrogen and oxygen atoms in total. The Kier molecular flexibility index (Phi) is 2.47. The van der Waals surface area contributed by atoms with Crippen LogP contribution in [0.5, 0.6) is 0 Å². The second kappa shape index (κ2) is 4.22. The van der Waals surface area contributed by atoms with Crippen LogP contribution in [0.1, 0.15) is 47.7 Å². The predicted octanol–water partition coefficient (Wildman–Crippen LogP) is 1.09. The Morgan fingerprint density at radius 2 is 2.05 bits per heavy atom. The molecular weight excluding hydrogens is 280 g/mol. The van der Waals surface area contributed by atoms with Crippen molar-refractivity contribution >= 4 is 5.91 Å². The number of aromatic nitrogens is 1. The van der Waals surface area contributed by atoms with Crippen LogP contribution in [0.4, 0.5) is 0 Å². The first-order valence-corrected chi connectivity index (χ1v) is 8.35. The normalized spacial score (nSPS) is 38.8. The Balaban J connectivity index is 1.49. The van der Waals surface area contributed by atoms with Crippen LogP contribution in [0.25, 0.3) is 0 Å². The fourth-order valence-electron chi connectivity index (χ4n) is 5.12. The largest absolute Gasteiger partial charge is 0.391 e. The Labute approximate surface area is 128 Å². The number of hydrogen-bond acceptors (Lipinski definition) is 3. The van der Waals surface area contributed by atoms with E-state index in [0.29, 0.717) is 29.2 Å². The first-order valence-electron chi connectivity index (χ1n) is 8.35. The molecule has 5 unspecified atom stereocenters. The average Bonchev–Trinajstić information content (AvgIpc) is 3.11. The molecule has 5 atom stereocenters. The third-order valence-electron chi connectivity index (χ3n) is 6.24. The van der Waals surface area contributed by atoms with Crippen LogP contribution >= 0.6 is 0 Å². The number of pyridine rings is 1. The van der Waals surface area contributed by atoms with Gasteiger partial charge in [-0.2, -0.15) is 0 Å². The van der Waals surface area contributed by atoms with Crippen LogP contribution in [-0.2, 0) is 0 Å². The number of nitrogens with one attached hydrogen (secondary N) is 1. The zero-order valence-electron chi connectivity index (χ0n) is 12.4. The quantitative estimate of drug-likeness (QED) is 0.859. The Morgan fingerprint density at radius 3 is 2.77 bits per heavy atom. The highest BCUT2D eigenvalue weighted by Crippen LogP contribution is 2.55. The highest BCUT2D eigenvalue weighted by atomic mass is 16.3. The minimum absolute atomic E-state index is 0.0279. The lowest BCUT2D eigenvalue weighted by molar-refractivity contribution is 0.0401. The highest BCUT2D eigenvalue weighted by Gasteiger charge is 2.59. The number of nitrogens with zero attached hydrogens (tertiary/aromatic N) is 1. The number of fused-ring (bicyclic) bond motifs is 1. The third kappa shape index (κ3) is 1.69. The molecule has 5 heteroatoms. The van der Waals surface area contributed by atoms with Gasteiger partial charge in [-0.05, 0) is 55.4 Å². The standard InChI is InChI=1S/C17H20N2O3/c20-14-6-10(5-13(18-14)8-1-2-8)17(22)19-7-11-3-9-4-12(11)15(19)16(9)21/h5-6,8-9,11-12,15-16,21H,1-4,7H2,(H,18,20). The van der Waals surface area contributed by atoms with Crippen molar-refractivity contribution in [2.75, 3.05) is 6.54 Å². The van der Waals surface area contributed by atoms with Crippen LogP contribution in [0.2, 0.25) is 0 Å². The highest BCUT2D eigenvalue weighted by molar-refractivity contribution is 5.94. The van der Waals surface area contributed by atoms with Gasteiger partial charge < -0.3 is 15.0 Å². The van der Waals surface area contributed by atoms with Gasteiger partial charge in [0.25, 0.3) is 5.91 Å². The minimum Gasteiger partial charge on any atom is -0.391 e. The van der Waals surface area contributed by atoms with Crippen molar-refractivity contribution in [3.63, 3.8) is 0 Å². The number of aliphatic hydroxyl groups is 1. The molecule has 1 amide bonds. The molecule has 1 aromatic rings. The molecule has 2 heterocycles. The summed E-state index contributed by atoms with van der Waals surface area (Å²) in [6, 6.07) is 3.23. The maximum absolute atomic E-state index is 12.9. The second-order valence-electron chi connectivity index (χ2n) is 7.56. The Hall–Kier alpha value is -1.62. The summed E-state index contributed by atoms with van der Waals surface area (Å²) >= 11 is 0. The fraction of sp³-hybridized carbons (Fsp3) is 0.647. The molecule has 0 spiro atoms. The molecule has 116 valence electrons. The lowest BCUT2D eigenvalue weighted by atomic mass is 9.88. The maximum Gasteiger partial charge on any atom is 0.254 e. The van der Waals surface area contributed by atoms with Gasteiger partial charge in [0.2, 0.25) is 5.56 Å². The molecule has 4 aliphatic rings.